The Kier molecular flexibility index (Phi) is 11.4. The lowest BCUT2D eigenvalue weighted by Crippen LogP contribution is -2.26. The van der Waals surface area contributed by atoms with Crippen molar-refractivity contribution in [3.05, 3.63) is 57.6 Å². The fraction of sp³-hybridized carbons (Fsp3) is 0.500. The third-order valence-corrected chi connectivity index (χ3v) is 6.18. The fourth-order valence-corrected chi connectivity index (χ4v) is 4.01. The number of esters is 1. The van der Waals surface area contributed by atoms with Crippen LogP contribution in [0.25, 0.3) is 0 Å². The Morgan fingerprint density at radius 1 is 0.971 bits per heavy atom. The van der Waals surface area contributed by atoms with Crippen molar-refractivity contribution in [1.82, 2.24) is 0 Å². The van der Waals surface area contributed by atoms with E-state index in [-0.39, 0.29) is 31.8 Å². The summed E-state index contributed by atoms with van der Waals surface area (Å²) in [6.07, 6.45) is -1.26. The van der Waals surface area contributed by atoms with Crippen molar-refractivity contribution >= 4 is 40.8 Å². The summed E-state index contributed by atoms with van der Waals surface area (Å²) in [5.74, 6) is 0.597. The minimum Gasteiger partial charge on any atom is -0.491 e. The average molecular weight is 548 g/mol. The zero-order valence-electron chi connectivity index (χ0n) is 20.6. The van der Waals surface area contributed by atoms with Crippen LogP contribution in [0.5, 0.6) is 11.5 Å². The molecule has 0 aliphatic carbocycles. The Morgan fingerprint density at radius 3 is 2.09 bits per heavy atom. The summed E-state index contributed by atoms with van der Waals surface area (Å²) in [5, 5.41) is 10.7. The molecule has 194 valence electrons. The number of benzene rings is 2. The van der Waals surface area contributed by atoms with E-state index in [1.165, 1.54) is 6.92 Å². The molecule has 0 aliphatic heterocycles. The number of hydrogen-bond donors (Lipinski definition) is 1. The van der Waals surface area contributed by atoms with Crippen LogP contribution in [0.3, 0.4) is 0 Å². The molecule has 2 aromatic carbocycles. The van der Waals surface area contributed by atoms with E-state index in [1.54, 1.807) is 12.1 Å². The van der Waals surface area contributed by atoms with E-state index in [9.17, 15) is 9.90 Å². The highest BCUT2D eigenvalue weighted by atomic mass is 35.5. The molecule has 0 saturated heterocycles. The maximum Gasteiger partial charge on any atom is 0.303 e. The third-order valence-electron chi connectivity index (χ3n) is 5.28. The Bertz CT molecular complexity index is 939. The molecule has 0 saturated carbocycles. The topological polar surface area (TPSA) is 74.2 Å². The van der Waals surface area contributed by atoms with Crippen molar-refractivity contribution < 1.29 is 28.8 Å². The van der Waals surface area contributed by atoms with Gasteiger partial charge in [-0.3, -0.25) is 4.79 Å². The molecule has 9 heteroatoms. The van der Waals surface area contributed by atoms with Gasteiger partial charge in [-0.15, -0.1) is 11.6 Å². The zero-order chi connectivity index (χ0) is 26.2. The molecule has 1 N–H and O–H groups in total. The molecule has 0 heterocycles. The lowest BCUT2D eigenvalue weighted by Gasteiger charge is -2.27. The maximum atomic E-state index is 11.2. The molecule has 2 rings (SSSR count). The van der Waals surface area contributed by atoms with Crippen LogP contribution >= 0.6 is 34.8 Å². The van der Waals surface area contributed by atoms with E-state index in [4.69, 9.17) is 53.8 Å². The molecule has 2 atom stereocenters. The first kappa shape index (κ1) is 29.5. The van der Waals surface area contributed by atoms with Gasteiger partial charge in [-0.25, -0.2) is 0 Å². The highest BCUT2D eigenvalue weighted by Gasteiger charge is 2.26. The highest BCUT2D eigenvalue weighted by molar-refractivity contribution is 6.37. The molecule has 0 spiro atoms. The molecule has 0 amide bonds. The van der Waals surface area contributed by atoms with E-state index in [2.05, 4.69) is 13.8 Å². The molecular formula is C26H33Cl3O6. The number of alkyl halides is 1. The van der Waals surface area contributed by atoms with Gasteiger partial charge < -0.3 is 24.1 Å². The fourth-order valence-electron chi connectivity index (χ4n) is 3.26. The molecule has 2 aromatic rings. The van der Waals surface area contributed by atoms with Gasteiger partial charge in [0.2, 0.25) is 0 Å². The molecule has 0 unspecified atom stereocenters. The average Bonchev–Trinajstić information content (AvgIpc) is 2.79. The molecular weight excluding hydrogens is 515 g/mol. The molecule has 0 fully saturated rings. The van der Waals surface area contributed by atoms with Gasteiger partial charge in [-0.1, -0.05) is 49.2 Å². The molecule has 0 radical (unpaired) electrons. The van der Waals surface area contributed by atoms with Gasteiger partial charge in [0.1, 0.15) is 31.2 Å². The van der Waals surface area contributed by atoms with Crippen molar-refractivity contribution in [3.63, 3.8) is 0 Å². The second kappa shape index (κ2) is 13.6. The van der Waals surface area contributed by atoms with E-state index in [1.807, 2.05) is 38.1 Å². The first-order valence-corrected chi connectivity index (χ1v) is 12.6. The monoisotopic (exact) mass is 546 g/mol. The van der Waals surface area contributed by atoms with E-state index >= 15 is 0 Å². The Balaban J connectivity index is 2.09. The number of carbonyl (C=O) groups excluding carboxylic acids is 1. The van der Waals surface area contributed by atoms with Crippen molar-refractivity contribution in [3.8, 4) is 11.5 Å². The summed E-state index contributed by atoms with van der Waals surface area (Å²) in [5.41, 5.74) is 1.49. The van der Waals surface area contributed by atoms with E-state index in [0.29, 0.717) is 21.5 Å². The van der Waals surface area contributed by atoms with Crippen LogP contribution in [-0.2, 0) is 19.7 Å². The molecule has 0 aromatic heterocycles. The standard InChI is InChI=1S/C26H33Cl3O6/c1-16(2)32-13-20(31)14-33-21-8-6-18(7-9-21)26(4,5)19-10-23(28)25(24(29)11-19)34-15-22(12-27)35-17(3)30/h6-11,16,20,22,31H,12-15H2,1-5H3/t20-,22+/m1/s1. The number of hydrogen-bond acceptors (Lipinski definition) is 6. The van der Waals surface area contributed by atoms with Gasteiger partial charge in [0.25, 0.3) is 0 Å². The predicted octanol–water partition coefficient (Wildman–Crippen LogP) is 6.03. The van der Waals surface area contributed by atoms with Crippen molar-refractivity contribution in [2.45, 2.75) is 58.3 Å². The van der Waals surface area contributed by atoms with Gasteiger partial charge in [-0.2, -0.15) is 0 Å². The van der Waals surface area contributed by atoms with Gasteiger partial charge in [0.15, 0.2) is 5.75 Å². The number of aliphatic hydroxyl groups is 1. The summed E-state index contributed by atoms with van der Waals surface area (Å²) in [7, 11) is 0. The van der Waals surface area contributed by atoms with Gasteiger partial charge in [0, 0.05) is 12.3 Å². The van der Waals surface area contributed by atoms with E-state index in [0.717, 1.165) is 11.1 Å². The smallest absolute Gasteiger partial charge is 0.303 e. The van der Waals surface area contributed by atoms with Gasteiger partial charge in [-0.05, 0) is 49.2 Å². The highest BCUT2D eigenvalue weighted by Crippen LogP contribution is 2.40. The Labute approximate surface area is 222 Å². The van der Waals surface area contributed by atoms with Crippen molar-refractivity contribution in [2.75, 3.05) is 25.7 Å². The minimum atomic E-state index is -0.702. The molecule has 35 heavy (non-hydrogen) atoms. The predicted molar refractivity (Wildman–Crippen MR) is 139 cm³/mol. The summed E-state index contributed by atoms with van der Waals surface area (Å²) < 4.78 is 21.9. The van der Waals surface area contributed by atoms with Crippen LogP contribution in [-0.4, -0.2) is 55.1 Å². The molecule has 0 bridgehead atoms. The summed E-state index contributed by atoms with van der Waals surface area (Å²) in [6, 6.07) is 11.2. The summed E-state index contributed by atoms with van der Waals surface area (Å²) >= 11 is 18.8. The third kappa shape index (κ3) is 9.03. The van der Waals surface area contributed by atoms with Crippen LogP contribution in [0.15, 0.2) is 36.4 Å². The number of rotatable bonds is 13. The number of aliphatic hydroxyl groups excluding tert-OH is 1. The molecule has 0 aliphatic rings. The first-order valence-electron chi connectivity index (χ1n) is 11.3. The zero-order valence-corrected chi connectivity index (χ0v) is 22.9. The second-order valence-corrected chi connectivity index (χ2v) is 10.1. The van der Waals surface area contributed by atoms with Gasteiger partial charge in [0.05, 0.1) is 28.6 Å². The quantitative estimate of drug-likeness (QED) is 0.244. The van der Waals surface area contributed by atoms with E-state index < -0.39 is 23.6 Å². The number of carbonyl (C=O) groups is 1. The number of halogens is 3. The second-order valence-electron chi connectivity index (χ2n) is 8.96. The Morgan fingerprint density at radius 2 is 1.57 bits per heavy atom. The maximum absolute atomic E-state index is 11.2. The van der Waals surface area contributed by atoms with Crippen LogP contribution in [0, 0.1) is 0 Å². The summed E-state index contributed by atoms with van der Waals surface area (Å²) in [6.45, 7) is 9.65. The van der Waals surface area contributed by atoms with Crippen LogP contribution in [0.4, 0.5) is 0 Å². The molecule has 6 nitrogen and oxygen atoms in total. The first-order chi connectivity index (χ1) is 16.4. The Hall–Kier alpha value is -1.70. The lowest BCUT2D eigenvalue weighted by atomic mass is 9.78. The van der Waals surface area contributed by atoms with Gasteiger partial charge >= 0.3 is 5.97 Å². The normalized spacial score (nSPS) is 13.4. The van der Waals surface area contributed by atoms with Crippen molar-refractivity contribution in [2.24, 2.45) is 0 Å². The van der Waals surface area contributed by atoms with Crippen LogP contribution in [0.1, 0.15) is 45.7 Å². The minimum absolute atomic E-state index is 0.0328. The number of ether oxygens (including phenoxy) is 4. The van der Waals surface area contributed by atoms with Crippen LogP contribution < -0.4 is 9.47 Å². The van der Waals surface area contributed by atoms with Crippen molar-refractivity contribution in [1.29, 1.82) is 0 Å². The SMILES string of the molecule is CC(=O)O[C@@H](CCl)COc1c(Cl)cc(C(C)(C)c2ccc(OC[C@H](O)COC(C)C)cc2)cc1Cl. The lowest BCUT2D eigenvalue weighted by molar-refractivity contribution is -0.146. The summed E-state index contributed by atoms with van der Waals surface area (Å²) in [4.78, 5) is 11.2. The van der Waals surface area contributed by atoms with Crippen LogP contribution in [0.2, 0.25) is 10.0 Å². The largest absolute Gasteiger partial charge is 0.491 e.